The van der Waals surface area contributed by atoms with Crippen molar-refractivity contribution < 1.29 is 4.42 Å². The molecule has 0 aliphatic rings. The average Bonchev–Trinajstić information content (AvgIpc) is 3.62. The molecule has 244 valence electrons. The molecule has 0 atom stereocenters. The summed E-state index contributed by atoms with van der Waals surface area (Å²) in [4.78, 5) is 7.17. The Morgan fingerprint density at radius 2 is 0.904 bits per heavy atom. The molecule has 0 saturated carbocycles. The van der Waals surface area contributed by atoms with Crippen LogP contribution in [-0.4, -0.2) is 4.98 Å². The first-order chi connectivity index (χ1) is 25.8. The van der Waals surface area contributed by atoms with Gasteiger partial charge in [0.15, 0.2) is 0 Å². The van der Waals surface area contributed by atoms with Crippen LogP contribution in [0, 0.1) is 0 Å². The Bertz CT molecular complexity index is 2880. The number of anilines is 3. The summed E-state index contributed by atoms with van der Waals surface area (Å²) in [5.74, 6) is 0. The Kier molecular flexibility index (Phi) is 7.14. The highest BCUT2D eigenvalue weighted by atomic mass is 16.3. The molecular formula is C49H32N2O. The summed E-state index contributed by atoms with van der Waals surface area (Å²) in [5, 5.41) is 5.52. The lowest BCUT2D eigenvalue weighted by atomic mass is 9.92. The number of hydrogen-bond donors (Lipinski definition) is 0. The first kappa shape index (κ1) is 29.9. The fourth-order valence-corrected chi connectivity index (χ4v) is 7.65. The number of para-hydroxylation sites is 1. The number of benzene rings is 8. The van der Waals surface area contributed by atoms with Gasteiger partial charge in [-0.25, -0.2) is 0 Å². The van der Waals surface area contributed by atoms with Crippen molar-refractivity contribution in [1.82, 2.24) is 4.98 Å². The third kappa shape index (κ3) is 5.02. The normalized spacial score (nSPS) is 11.5. The second-order valence-corrected chi connectivity index (χ2v) is 13.1. The van der Waals surface area contributed by atoms with Gasteiger partial charge in [0.1, 0.15) is 11.2 Å². The van der Waals surface area contributed by atoms with E-state index in [-0.39, 0.29) is 0 Å². The summed E-state index contributed by atoms with van der Waals surface area (Å²) < 4.78 is 6.60. The van der Waals surface area contributed by atoms with Gasteiger partial charge in [0.05, 0.1) is 16.6 Å². The van der Waals surface area contributed by atoms with Crippen LogP contribution in [0.25, 0.3) is 77.0 Å². The maximum absolute atomic E-state index is 6.60. The first-order valence-corrected chi connectivity index (χ1v) is 17.6. The molecule has 2 heterocycles. The van der Waals surface area contributed by atoms with E-state index < -0.39 is 0 Å². The Hall–Kier alpha value is -6.97. The molecule has 0 spiro atoms. The summed E-state index contributed by atoms with van der Waals surface area (Å²) in [6.45, 7) is 0. The first-order valence-electron chi connectivity index (χ1n) is 17.6. The van der Waals surface area contributed by atoms with E-state index in [1.54, 1.807) is 0 Å². The molecule has 10 aromatic rings. The Balaban J connectivity index is 1.13. The van der Waals surface area contributed by atoms with Crippen LogP contribution in [0.3, 0.4) is 0 Å². The molecule has 0 fully saturated rings. The predicted octanol–water partition coefficient (Wildman–Crippen LogP) is 13.8. The Morgan fingerprint density at radius 1 is 0.385 bits per heavy atom. The van der Waals surface area contributed by atoms with Crippen LogP contribution in [0.4, 0.5) is 17.1 Å². The van der Waals surface area contributed by atoms with Gasteiger partial charge in [-0.05, 0) is 92.7 Å². The van der Waals surface area contributed by atoms with Crippen LogP contribution < -0.4 is 4.90 Å². The minimum Gasteiger partial charge on any atom is -0.455 e. The molecule has 3 nitrogen and oxygen atoms in total. The van der Waals surface area contributed by atoms with E-state index >= 15 is 0 Å². The molecular weight excluding hydrogens is 633 g/mol. The maximum atomic E-state index is 6.60. The molecule has 3 heteroatoms. The molecule has 52 heavy (non-hydrogen) atoms. The molecule has 10 rings (SSSR count). The molecule has 0 aliphatic heterocycles. The van der Waals surface area contributed by atoms with Crippen LogP contribution in [0.2, 0.25) is 0 Å². The van der Waals surface area contributed by atoms with Crippen molar-refractivity contribution in [1.29, 1.82) is 0 Å². The highest BCUT2D eigenvalue weighted by Gasteiger charge is 2.21. The van der Waals surface area contributed by atoms with E-state index in [9.17, 15) is 0 Å². The van der Waals surface area contributed by atoms with E-state index in [1.165, 1.54) is 44.2 Å². The number of hydrogen-bond acceptors (Lipinski definition) is 3. The molecule has 8 aromatic carbocycles. The summed E-state index contributed by atoms with van der Waals surface area (Å²) in [6, 6.07) is 66.6. The van der Waals surface area contributed by atoms with E-state index in [0.29, 0.717) is 0 Å². The second kappa shape index (κ2) is 12.4. The number of pyridine rings is 1. The summed E-state index contributed by atoms with van der Waals surface area (Å²) in [5.41, 5.74) is 13.0. The topological polar surface area (TPSA) is 29.3 Å². The predicted molar refractivity (Wildman–Crippen MR) is 218 cm³/mol. The summed E-state index contributed by atoms with van der Waals surface area (Å²) in [7, 11) is 0. The molecule has 0 amide bonds. The smallest absolute Gasteiger partial charge is 0.146 e. The van der Waals surface area contributed by atoms with Gasteiger partial charge < -0.3 is 9.32 Å². The zero-order valence-corrected chi connectivity index (χ0v) is 28.3. The van der Waals surface area contributed by atoms with E-state index in [2.05, 4.69) is 175 Å². The zero-order valence-electron chi connectivity index (χ0n) is 28.3. The average molecular weight is 665 g/mol. The van der Waals surface area contributed by atoms with Crippen LogP contribution >= 0.6 is 0 Å². The lowest BCUT2D eigenvalue weighted by Gasteiger charge is -2.26. The quantitative estimate of drug-likeness (QED) is 0.177. The number of furan rings is 1. The Labute approximate surface area is 301 Å². The van der Waals surface area contributed by atoms with E-state index in [0.717, 1.165) is 49.9 Å². The van der Waals surface area contributed by atoms with Crippen LogP contribution in [0.1, 0.15) is 0 Å². The fourth-order valence-electron chi connectivity index (χ4n) is 7.65. The number of rotatable bonds is 6. The Morgan fingerprint density at radius 3 is 1.56 bits per heavy atom. The minimum atomic E-state index is 0.832. The lowest BCUT2D eigenvalue weighted by Crippen LogP contribution is -2.10. The van der Waals surface area contributed by atoms with Crippen LogP contribution in [0.5, 0.6) is 0 Å². The fraction of sp³-hybridized carbons (Fsp3) is 0. The second-order valence-electron chi connectivity index (χ2n) is 13.1. The van der Waals surface area contributed by atoms with Gasteiger partial charge in [-0.1, -0.05) is 140 Å². The number of fused-ring (bicyclic) bond motifs is 6. The third-order valence-electron chi connectivity index (χ3n) is 10.1. The van der Waals surface area contributed by atoms with Crippen molar-refractivity contribution in [2.75, 3.05) is 4.90 Å². The van der Waals surface area contributed by atoms with Crippen molar-refractivity contribution in [3.63, 3.8) is 0 Å². The molecule has 0 radical (unpaired) electrons. The standard InChI is InChI=1S/C49H32N2O/c1-3-12-33(13-4-1)34-22-26-37(27-23-34)51(46-20-11-21-47-48(46)44-32-50-45-19-10-9-18-43(45)49(44)52-47)38-28-24-36(25-29-38)40-31-30-39(35-14-5-2-6-15-35)41-16-7-8-17-42(40)41/h1-32H. The molecule has 0 bridgehead atoms. The van der Waals surface area contributed by atoms with Gasteiger partial charge in [-0.3, -0.25) is 4.98 Å². The van der Waals surface area contributed by atoms with Crippen molar-refractivity contribution in [2.24, 2.45) is 0 Å². The largest absolute Gasteiger partial charge is 0.455 e. The third-order valence-corrected chi connectivity index (χ3v) is 10.1. The SMILES string of the molecule is c1ccc(-c2ccc(N(c3ccc(-c4ccc(-c5ccccc5)c5ccccc45)cc3)c3cccc4oc5c6ccccc6ncc5c34)cc2)cc1. The molecule has 2 aromatic heterocycles. The molecule has 0 unspecified atom stereocenters. The van der Waals surface area contributed by atoms with Crippen molar-refractivity contribution in [3.05, 3.63) is 194 Å². The number of nitrogens with zero attached hydrogens (tertiary/aromatic N) is 2. The van der Waals surface area contributed by atoms with Crippen molar-refractivity contribution in [3.8, 4) is 33.4 Å². The lowest BCUT2D eigenvalue weighted by molar-refractivity contribution is 0.672. The van der Waals surface area contributed by atoms with Gasteiger partial charge >= 0.3 is 0 Å². The highest BCUT2D eigenvalue weighted by Crippen LogP contribution is 2.45. The summed E-state index contributed by atoms with van der Waals surface area (Å²) in [6.07, 6.45) is 1.96. The van der Waals surface area contributed by atoms with Gasteiger partial charge in [0.2, 0.25) is 0 Å². The van der Waals surface area contributed by atoms with Gasteiger partial charge in [0, 0.05) is 28.3 Å². The van der Waals surface area contributed by atoms with Crippen molar-refractivity contribution >= 4 is 60.7 Å². The monoisotopic (exact) mass is 664 g/mol. The van der Waals surface area contributed by atoms with E-state index in [1.807, 2.05) is 24.4 Å². The molecule has 0 N–H and O–H groups in total. The highest BCUT2D eigenvalue weighted by molar-refractivity contribution is 6.18. The van der Waals surface area contributed by atoms with Gasteiger partial charge in [0.25, 0.3) is 0 Å². The summed E-state index contributed by atoms with van der Waals surface area (Å²) >= 11 is 0. The van der Waals surface area contributed by atoms with E-state index in [4.69, 9.17) is 9.40 Å². The minimum absolute atomic E-state index is 0.832. The van der Waals surface area contributed by atoms with Crippen LogP contribution in [0.15, 0.2) is 199 Å². The maximum Gasteiger partial charge on any atom is 0.146 e. The van der Waals surface area contributed by atoms with Crippen LogP contribution in [-0.2, 0) is 0 Å². The molecule has 0 aliphatic carbocycles. The van der Waals surface area contributed by atoms with Gasteiger partial charge in [-0.15, -0.1) is 0 Å². The van der Waals surface area contributed by atoms with Crippen molar-refractivity contribution in [2.45, 2.75) is 0 Å². The molecule has 0 saturated heterocycles. The number of aromatic nitrogens is 1. The van der Waals surface area contributed by atoms with Gasteiger partial charge in [-0.2, -0.15) is 0 Å². The zero-order chi connectivity index (χ0) is 34.4.